The van der Waals surface area contributed by atoms with Gasteiger partial charge in [-0.25, -0.2) is 28.0 Å². The number of aromatic nitrogens is 3. The van der Waals surface area contributed by atoms with E-state index in [2.05, 4.69) is 204 Å². The zero-order chi connectivity index (χ0) is 80.7. The van der Waals surface area contributed by atoms with Crippen LogP contribution in [0.15, 0.2) is 273 Å². The molecule has 0 unspecified atom stereocenters. The zero-order valence-electron chi connectivity index (χ0n) is 67.6. The molecule has 5 nitrogen and oxygen atoms in total. The van der Waals surface area contributed by atoms with E-state index >= 15 is 0 Å². The second-order valence-corrected chi connectivity index (χ2v) is 28.5. The predicted molar refractivity (Wildman–Crippen MR) is 469 cm³/mol. The standard InChI is InChI=1S/C10H12.2C9H9N.2C9H12.C8H8ClF.2C8H9F.C8H7NS.C8H10.C7H9N.C6H9NS/c1-8-6-9-4-2-3-5-10(9)7-8;1-3-8-4-6-9(10-2)7-5-8;1-2-8-4-3-5-9(6-8)7-10;1-3-9-6-4-8(2)5-7-9;1-3-9-6-4-5-8(2)7-9;1-2-6-3-4-7(10)5-8(6)9;1-2-7-3-5-8(9)6-4-7;1-2-7-4-3-5-8(9)6-7;1-6-9-7-4-2-3-5-8(7)10-6;1-2-8-6-4-3-5-7-8;1-2-7-3-5-8-6-4-7;1-3-6-4-8-5(2)7-6/h2-5,8H,6-7H2,1H3;4-7H,3H2,1H3;3-6H,2H2,1H3;2*4-7H,3H2,1-2H3;3-5H,2H2,1H3;2*3-6H,2H2,1H3;2-5H,1H3;3-7H,2H2,1H3;3-6H,2H2,1H3;4H,3H2,1-2H3. The second-order valence-electron chi connectivity index (χ2n) is 25.8. The lowest BCUT2D eigenvalue weighted by molar-refractivity contribution is 0.625. The molecule has 0 N–H and O–H groups in total. The maximum atomic E-state index is 12.4. The van der Waals surface area contributed by atoms with Gasteiger partial charge in [0.15, 0.2) is 5.69 Å². The van der Waals surface area contributed by atoms with Gasteiger partial charge in [0.05, 0.1) is 44.1 Å². The minimum atomic E-state index is -0.276. The maximum Gasteiger partial charge on any atom is 0.187 e. The number of nitriles is 1. The zero-order valence-corrected chi connectivity index (χ0v) is 70.0. The molecule has 0 bridgehead atoms. The fourth-order valence-electron chi connectivity index (χ4n) is 10.4. The van der Waals surface area contributed by atoms with Crippen molar-refractivity contribution >= 4 is 50.2 Å². The van der Waals surface area contributed by atoms with Crippen LogP contribution in [0.5, 0.6) is 0 Å². The van der Waals surface area contributed by atoms with Gasteiger partial charge in [0.2, 0.25) is 0 Å². The number of rotatable bonds is 10. The SMILES string of the molecule is CC1Cc2ccccc2C1.CCc1ccc(C)cc1.CCc1ccc(F)cc1.CCc1ccc(F)cc1Cl.CCc1cccc(C#N)c1.CCc1cccc(C)c1.CCc1cccc(F)c1.CCc1ccccc1.CCc1ccncc1.CCc1csc(C)n1.Cc1nc2ccccc2s1.[C-]#[N+]c1ccc(CC)cc1. The summed E-state index contributed by atoms with van der Waals surface area (Å²) in [4.78, 5) is 15.8. The quantitative estimate of drug-likeness (QED) is 0.128. The molecule has 13 aromatic rings. The average molecular weight is 1530 g/mol. The lowest BCUT2D eigenvalue weighted by Crippen LogP contribution is -1.89. The first-order chi connectivity index (χ1) is 53.2. The molecule has 0 spiro atoms. The van der Waals surface area contributed by atoms with E-state index in [-0.39, 0.29) is 17.5 Å². The van der Waals surface area contributed by atoms with Crippen LogP contribution < -0.4 is 0 Å². The normalized spacial score (nSPS) is 10.2. The topological polar surface area (TPSA) is 66.8 Å². The molecule has 3 heterocycles. The van der Waals surface area contributed by atoms with Crippen molar-refractivity contribution in [1.29, 1.82) is 5.26 Å². The Morgan fingerprint density at radius 1 is 0.427 bits per heavy atom. The van der Waals surface area contributed by atoms with Gasteiger partial charge in [-0.2, -0.15) is 5.26 Å². The number of benzene rings is 10. The highest BCUT2D eigenvalue weighted by atomic mass is 35.5. The number of thiazole rings is 2. The van der Waals surface area contributed by atoms with Crippen molar-refractivity contribution in [3.05, 3.63) is 400 Å². The van der Waals surface area contributed by atoms with Crippen LogP contribution in [0.1, 0.15) is 170 Å². The van der Waals surface area contributed by atoms with E-state index in [4.69, 9.17) is 23.4 Å². The summed E-state index contributed by atoms with van der Waals surface area (Å²) in [5.41, 5.74) is 20.9. The van der Waals surface area contributed by atoms with Crippen LogP contribution in [-0.4, -0.2) is 15.0 Å². The van der Waals surface area contributed by atoms with Crippen molar-refractivity contribution in [2.75, 3.05) is 0 Å². The van der Waals surface area contributed by atoms with Gasteiger partial charge in [-0.05, 0) is 239 Å². The number of aryl methyl sites for hydroxylation is 14. The summed E-state index contributed by atoms with van der Waals surface area (Å²) in [6.07, 6.45) is 16.5. The number of pyridine rings is 1. The first kappa shape index (κ1) is 94.1. The molecule has 576 valence electrons. The van der Waals surface area contributed by atoms with Crippen molar-refractivity contribution < 1.29 is 13.2 Å². The Hall–Kier alpha value is -10.1. The number of hydrogen-bond acceptors (Lipinski definition) is 6. The van der Waals surface area contributed by atoms with E-state index in [1.54, 1.807) is 64.1 Å². The van der Waals surface area contributed by atoms with Crippen LogP contribution in [0.2, 0.25) is 5.02 Å². The summed E-state index contributed by atoms with van der Waals surface area (Å²) in [6, 6.07) is 83.9. The Morgan fingerprint density at radius 3 is 1.32 bits per heavy atom. The van der Waals surface area contributed by atoms with E-state index in [1.165, 1.54) is 109 Å². The Balaban J connectivity index is 0.000000311. The van der Waals surface area contributed by atoms with Gasteiger partial charge in [0, 0.05) is 22.8 Å². The van der Waals surface area contributed by atoms with Gasteiger partial charge in [-0.15, -0.1) is 22.7 Å². The van der Waals surface area contributed by atoms with Crippen LogP contribution >= 0.6 is 34.3 Å². The van der Waals surface area contributed by atoms with E-state index in [0.29, 0.717) is 5.02 Å². The molecular weight excluding hydrogens is 1420 g/mol. The largest absolute Gasteiger partial charge is 0.265 e. The smallest absolute Gasteiger partial charge is 0.187 e. The number of halogens is 4. The number of nitrogens with zero attached hydrogens (tertiary/aromatic N) is 5. The van der Waals surface area contributed by atoms with Gasteiger partial charge >= 0.3 is 0 Å². The lowest BCUT2D eigenvalue weighted by Gasteiger charge is -1.98. The molecule has 0 saturated heterocycles. The third-order valence-electron chi connectivity index (χ3n) is 17.1. The molecule has 1 aliphatic carbocycles. The van der Waals surface area contributed by atoms with Crippen LogP contribution in [0.25, 0.3) is 15.1 Å². The molecule has 0 fully saturated rings. The molecule has 0 aliphatic heterocycles. The highest BCUT2D eigenvalue weighted by molar-refractivity contribution is 7.18. The highest BCUT2D eigenvalue weighted by Gasteiger charge is 2.15. The average Bonchev–Trinajstić information content (AvgIpc) is 1.72. The van der Waals surface area contributed by atoms with E-state index in [0.717, 1.165) is 103 Å². The van der Waals surface area contributed by atoms with Crippen LogP contribution in [0.3, 0.4) is 0 Å². The van der Waals surface area contributed by atoms with Crippen molar-refractivity contribution in [1.82, 2.24) is 15.0 Å². The molecule has 0 atom stereocenters. The van der Waals surface area contributed by atoms with Crippen molar-refractivity contribution in [2.45, 2.75) is 181 Å². The molecule has 110 heavy (non-hydrogen) atoms. The molecule has 10 aromatic carbocycles. The summed E-state index contributed by atoms with van der Waals surface area (Å²) < 4.78 is 38.3. The predicted octanol–water partition coefficient (Wildman–Crippen LogP) is 28.8. The first-order valence-corrected chi connectivity index (χ1v) is 40.5. The molecule has 11 heteroatoms. The maximum absolute atomic E-state index is 12.4. The summed E-state index contributed by atoms with van der Waals surface area (Å²) in [5.74, 6) is 0.293. The fourth-order valence-corrected chi connectivity index (χ4v) is 12.2. The Kier molecular flexibility index (Phi) is 48.8. The first-order valence-electron chi connectivity index (χ1n) is 38.4. The minimum absolute atomic E-state index is 0.144. The third-order valence-corrected chi connectivity index (χ3v) is 19.2. The van der Waals surface area contributed by atoms with Gasteiger partial charge in [-0.3, -0.25) is 4.98 Å². The van der Waals surface area contributed by atoms with Crippen LogP contribution in [-0.2, 0) is 77.0 Å². The van der Waals surface area contributed by atoms with Crippen LogP contribution in [0.4, 0.5) is 18.9 Å². The van der Waals surface area contributed by atoms with Crippen molar-refractivity contribution in [2.24, 2.45) is 5.92 Å². The van der Waals surface area contributed by atoms with E-state index in [9.17, 15) is 13.2 Å². The van der Waals surface area contributed by atoms with Gasteiger partial charge in [0.1, 0.15) is 17.5 Å². The number of fused-ring (bicyclic) bond motifs is 2. The number of hydrogen-bond donors (Lipinski definition) is 0. The van der Waals surface area contributed by atoms with E-state index < -0.39 is 0 Å². The Bertz CT molecular complexity index is 4450. The minimum Gasteiger partial charge on any atom is -0.265 e. The van der Waals surface area contributed by atoms with Gasteiger partial charge < -0.3 is 0 Å². The second kappa shape index (κ2) is 57.1. The van der Waals surface area contributed by atoms with Gasteiger partial charge in [0.25, 0.3) is 0 Å². The van der Waals surface area contributed by atoms with Crippen molar-refractivity contribution in [3.63, 3.8) is 0 Å². The molecule has 1 aliphatic rings. The summed E-state index contributed by atoms with van der Waals surface area (Å²) in [6.45, 7) is 38.3. The molecule has 3 aromatic heterocycles. The third kappa shape index (κ3) is 40.9. The molecular formula is C99H115ClF3N5S2. The lowest BCUT2D eigenvalue weighted by atomic mass is 10.1. The molecule has 0 radical (unpaired) electrons. The summed E-state index contributed by atoms with van der Waals surface area (Å²) in [7, 11) is 0. The Morgan fingerprint density at radius 2 is 0.882 bits per heavy atom. The molecule has 14 rings (SSSR count). The van der Waals surface area contributed by atoms with E-state index in [1.807, 2.05) is 138 Å². The fraction of sp³-hybridized carbons (Fsp3) is 0.283. The molecule has 0 saturated carbocycles. The Labute approximate surface area is 671 Å². The van der Waals surface area contributed by atoms with Crippen LogP contribution in [0, 0.1) is 69.0 Å². The highest BCUT2D eigenvalue weighted by Crippen LogP contribution is 2.26. The monoisotopic (exact) mass is 1530 g/mol. The summed E-state index contributed by atoms with van der Waals surface area (Å²) in [5, 5.41) is 13.4. The number of para-hydroxylation sites is 1. The van der Waals surface area contributed by atoms with Gasteiger partial charge in [-0.1, -0.05) is 286 Å². The molecule has 0 amide bonds. The summed E-state index contributed by atoms with van der Waals surface area (Å²) >= 11 is 9.15. The van der Waals surface area contributed by atoms with Crippen molar-refractivity contribution in [3.8, 4) is 6.07 Å².